The van der Waals surface area contributed by atoms with Crippen LogP contribution in [0.25, 0.3) is 0 Å². The van der Waals surface area contributed by atoms with Gasteiger partial charge >= 0.3 is 0 Å². The van der Waals surface area contributed by atoms with Gasteiger partial charge in [-0.2, -0.15) is 10.1 Å². The van der Waals surface area contributed by atoms with E-state index in [-0.39, 0.29) is 16.8 Å². The van der Waals surface area contributed by atoms with Crippen LogP contribution in [0.1, 0.15) is 20.3 Å². The summed E-state index contributed by atoms with van der Waals surface area (Å²) in [6.07, 6.45) is 0.647. The topological polar surface area (TPSA) is 32.7 Å². The molecule has 0 fully saturated rings. The van der Waals surface area contributed by atoms with Crippen molar-refractivity contribution in [1.29, 1.82) is 0 Å². The van der Waals surface area contributed by atoms with E-state index in [1.165, 1.54) is 23.2 Å². The number of anilines is 1. The maximum Gasteiger partial charge on any atom is 0.250 e. The Hall–Kier alpha value is -1.42. The van der Waals surface area contributed by atoms with Gasteiger partial charge in [0.05, 0.1) is 10.7 Å². The lowest BCUT2D eigenvalue weighted by Crippen LogP contribution is -2.36. The van der Waals surface area contributed by atoms with Crippen LogP contribution in [0.2, 0.25) is 5.02 Å². The third-order valence-corrected chi connectivity index (χ3v) is 2.94. The number of halogens is 2. The number of carbonyl (C=O) groups excluding carboxylic acids is 1. The van der Waals surface area contributed by atoms with E-state index in [4.69, 9.17) is 11.6 Å². The van der Waals surface area contributed by atoms with Crippen molar-refractivity contribution in [1.82, 2.24) is 0 Å². The highest BCUT2D eigenvalue weighted by atomic mass is 35.5. The number of hydrogen-bond donors (Lipinski definition) is 0. The molecule has 0 aliphatic carbocycles. The van der Waals surface area contributed by atoms with Crippen LogP contribution < -0.4 is 5.01 Å². The summed E-state index contributed by atoms with van der Waals surface area (Å²) >= 11 is 5.92. The average molecular weight is 255 g/mol. The SMILES string of the molecule is CC1=NN(c2ccc(F)cc2Cl)C(=O)C(C)C1. The molecule has 1 aromatic carbocycles. The Morgan fingerprint density at radius 2 is 2.24 bits per heavy atom. The Bertz CT molecular complexity index is 501. The van der Waals surface area contributed by atoms with Crippen molar-refractivity contribution in [2.75, 3.05) is 5.01 Å². The van der Waals surface area contributed by atoms with Gasteiger partial charge in [0.15, 0.2) is 0 Å². The zero-order valence-corrected chi connectivity index (χ0v) is 10.3. The van der Waals surface area contributed by atoms with Crippen molar-refractivity contribution in [2.24, 2.45) is 11.0 Å². The highest BCUT2D eigenvalue weighted by Gasteiger charge is 2.28. The Morgan fingerprint density at radius 1 is 1.53 bits per heavy atom. The summed E-state index contributed by atoms with van der Waals surface area (Å²) in [5.74, 6) is -0.685. The smallest absolute Gasteiger partial charge is 0.250 e. The Balaban J connectivity index is 2.45. The van der Waals surface area contributed by atoms with Gasteiger partial charge in [-0.1, -0.05) is 18.5 Å². The maximum absolute atomic E-state index is 12.9. The number of hydrogen-bond acceptors (Lipinski definition) is 2. The lowest BCUT2D eigenvalue weighted by molar-refractivity contribution is -0.122. The first kappa shape index (κ1) is 12.0. The number of benzene rings is 1. The number of rotatable bonds is 1. The van der Waals surface area contributed by atoms with E-state index in [0.29, 0.717) is 12.1 Å². The molecule has 1 atom stereocenters. The molecule has 3 nitrogen and oxygen atoms in total. The lowest BCUT2D eigenvalue weighted by atomic mass is 10.0. The van der Waals surface area contributed by atoms with Crippen LogP contribution >= 0.6 is 11.6 Å². The summed E-state index contributed by atoms with van der Waals surface area (Å²) in [5, 5.41) is 5.61. The predicted molar refractivity (Wildman–Crippen MR) is 65.8 cm³/mol. The molecule has 0 saturated carbocycles. The quantitative estimate of drug-likeness (QED) is 0.757. The van der Waals surface area contributed by atoms with Gasteiger partial charge in [0, 0.05) is 11.6 Å². The maximum atomic E-state index is 12.9. The van der Waals surface area contributed by atoms with Crippen molar-refractivity contribution in [2.45, 2.75) is 20.3 Å². The molecule has 0 N–H and O–H groups in total. The van der Waals surface area contributed by atoms with Crippen molar-refractivity contribution in [3.63, 3.8) is 0 Å². The van der Waals surface area contributed by atoms with Crippen molar-refractivity contribution in [3.05, 3.63) is 29.0 Å². The largest absolute Gasteiger partial charge is 0.272 e. The lowest BCUT2D eigenvalue weighted by Gasteiger charge is -2.27. The van der Waals surface area contributed by atoms with E-state index in [2.05, 4.69) is 5.10 Å². The van der Waals surface area contributed by atoms with Gasteiger partial charge in [-0.3, -0.25) is 4.79 Å². The third-order valence-electron chi connectivity index (χ3n) is 2.64. The minimum Gasteiger partial charge on any atom is -0.272 e. The average Bonchev–Trinajstić information content (AvgIpc) is 2.24. The van der Waals surface area contributed by atoms with E-state index in [0.717, 1.165) is 5.71 Å². The summed E-state index contributed by atoms with van der Waals surface area (Å²) in [6.45, 7) is 3.69. The second kappa shape index (κ2) is 4.45. The molecule has 2 rings (SSSR count). The molecule has 1 aliphatic heterocycles. The first-order valence-corrected chi connectivity index (χ1v) is 5.70. The molecule has 90 valence electrons. The van der Waals surface area contributed by atoms with Gasteiger partial charge in [-0.25, -0.2) is 4.39 Å². The molecular formula is C12H12ClFN2O. The van der Waals surface area contributed by atoms with E-state index >= 15 is 0 Å². The minimum atomic E-state index is -0.433. The molecule has 5 heteroatoms. The van der Waals surface area contributed by atoms with Gasteiger partial charge < -0.3 is 0 Å². The molecule has 1 amide bonds. The Morgan fingerprint density at radius 3 is 2.88 bits per heavy atom. The molecule has 1 unspecified atom stereocenters. The minimum absolute atomic E-state index is 0.121. The fourth-order valence-electron chi connectivity index (χ4n) is 1.83. The highest BCUT2D eigenvalue weighted by molar-refractivity contribution is 6.33. The second-order valence-electron chi connectivity index (χ2n) is 4.19. The normalized spacial score (nSPS) is 20.5. The number of hydrazone groups is 1. The first-order chi connectivity index (χ1) is 7.99. The second-order valence-corrected chi connectivity index (χ2v) is 4.59. The van der Waals surface area contributed by atoms with Crippen molar-refractivity contribution >= 4 is 28.9 Å². The van der Waals surface area contributed by atoms with E-state index in [9.17, 15) is 9.18 Å². The summed E-state index contributed by atoms with van der Waals surface area (Å²) in [6, 6.07) is 3.90. The van der Waals surface area contributed by atoms with E-state index in [1.807, 2.05) is 13.8 Å². The first-order valence-electron chi connectivity index (χ1n) is 5.32. The van der Waals surface area contributed by atoms with Crippen LogP contribution in [-0.4, -0.2) is 11.6 Å². The van der Waals surface area contributed by atoms with Crippen LogP contribution in [0.3, 0.4) is 0 Å². The van der Waals surface area contributed by atoms with Gasteiger partial charge in [-0.15, -0.1) is 0 Å². The summed E-state index contributed by atoms with van der Waals surface area (Å²) in [7, 11) is 0. The summed E-state index contributed by atoms with van der Waals surface area (Å²) < 4.78 is 12.9. The number of amides is 1. The molecule has 0 bridgehead atoms. The zero-order valence-electron chi connectivity index (χ0n) is 9.58. The van der Waals surface area contributed by atoms with Gasteiger partial charge in [0.2, 0.25) is 0 Å². The van der Waals surface area contributed by atoms with Crippen LogP contribution in [-0.2, 0) is 4.79 Å². The number of carbonyl (C=O) groups is 1. The summed E-state index contributed by atoms with van der Waals surface area (Å²) in [4.78, 5) is 12.0. The fourth-order valence-corrected chi connectivity index (χ4v) is 2.07. The Kier molecular flexibility index (Phi) is 3.15. The molecule has 1 aromatic rings. The number of nitrogens with zero attached hydrogens (tertiary/aromatic N) is 2. The fraction of sp³-hybridized carbons (Fsp3) is 0.333. The zero-order chi connectivity index (χ0) is 12.6. The molecule has 0 aromatic heterocycles. The van der Waals surface area contributed by atoms with Gasteiger partial charge in [0.25, 0.3) is 5.91 Å². The van der Waals surface area contributed by atoms with Gasteiger partial charge in [-0.05, 0) is 31.5 Å². The Labute approximate surface area is 104 Å². The van der Waals surface area contributed by atoms with Crippen LogP contribution in [0, 0.1) is 11.7 Å². The van der Waals surface area contributed by atoms with Gasteiger partial charge in [0.1, 0.15) is 5.82 Å². The third kappa shape index (κ3) is 2.31. The standard InChI is InChI=1S/C12H12ClFN2O/c1-7-5-8(2)15-16(12(7)17)11-4-3-9(14)6-10(11)13/h3-4,6-7H,5H2,1-2H3. The van der Waals surface area contributed by atoms with E-state index < -0.39 is 5.82 Å². The van der Waals surface area contributed by atoms with Crippen LogP contribution in [0.15, 0.2) is 23.3 Å². The molecule has 0 saturated heterocycles. The molecule has 0 radical (unpaired) electrons. The van der Waals surface area contributed by atoms with Crippen LogP contribution in [0.5, 0.6) is 0 Å². The van der Waals surface area contributed by atoms with Crippen molar-refractivity contribution < 1.29 is 9.18 Å². The molecule has 0 spiro atoms. The van der Waals surface area contributed by atoms with E-state index in [1.54, 1.807) is 0 Å². The molecule has 1 aliphatic rings. The highest BCUT2D eigenvalue weighted by Crippen LogP contribution is 2.30. The molecular weight excluding hydrogens is 243 g/mol. The summed E-state index contributed by atoms with van der Waals surface area (Å²) in [5.41, 5.74) is 1.28. The van der Waals surface area contributed by atoms with Crippen LogP contribution in [0.4, 0.5) is 10.1 Å². The van der Waals surface area contributed by atoms with Crippen molar-refractivity contribution in [3.8, 4) is 0 Å². The molecule has 1 heterocycles. The molecule has 17 heavy (non-hydrogen) atoms. The monoisotopic (exact) mass is 254 g/mol. The predicted octanol–water partition coefficient (Wildman–Crippen LogP) is 3.23.